The van der Waals surface area contributed by atoms with Crippen LogP contribution in [0.4, 0.5) is 5.69 Å². The summed E-state index contributed by atoms with van der Waals surface area (Å²) >= 11 is 0. The van der Waals surface area contributed by atoms with Crippen LogP contribution in [-0.4, -0.2) is 20.0 Å². The number of carbonyl (C=O) groups is 1. The van der Waals surface area contributed by atoms with Gasteiger partial charge >= 0.3 is 0 Å². The van der Waals surface area contributed by atoms with Crippen molar-refractivity contribution in [3.63, 3.8) is 0 Å². The van der Waals surface area contributed by atoms with Gasteiger partial charge < -0.3 is 23.0 Å². The third kappa shape index (κ3) is 3.62. The molecule has 0 aliphatic rings. The predicted octanol–water partition coefficient (Wildman–Crippen LogP) is -3.47. The molecule has 0 aromatic carbocycles. The minimum Gasteiger partial charge on any atom is -1.00 e. The molecule has 2 N–H and O–H groups in total. The number of primary amides is 1. The van der Waals surface area contributed by atoms with E-state index >= 15 is 0 Å². The first-order valence-corrected chi connectivity index (χ1v) is 4.04. The molecule has 1 rings (SSSR count). The van der Waals surface area contributed by atoms with Crippen LogP contribution in [0.5, 0.6) is 0 Å². The van der Waals surface area contributed by atoms with Crippen molar-refractivity contribution in [2.24, 2.45) is 5.73 Å². The fourth-order valence-corrected chi connectivity index (χ4v) is 1.03. The van der Waals surface area contributed by atoms with E-state index in [4.69, 9.17) is 5.73 Å². The average Bonchev–Trinajstić information content (AvgIpc) is 2.04. The Morgan fingerprint density at radius 2 is 1.93 bits per heavy atom. The molecule has 0 aliphatic carbocycles. The summed E-state index contributed by atoms with van der Waals surface area (Å²) in [6, 6.07) is 3.87. The van der Waals surface area contributed by atoms with Crippen LogP contribution >= 0.6 is 0 Å². The van der Waals surface area contributed by atoms with Crippen LogP contribution in [0.2, 0.25) is 0 Å². The summed E-state index contributed by atoms with van der Waals surface area (Å²) in [4.78, 5) is 12.6. The van der Waals surface area contributed by atoms with E-state index in [1.54, 1.807) is 4.57 Å². The normalized spacial score (nSPS) is 9.00. The van der Waals surface area contributed by atoms with E-state index in [0.717, 1.165) is 5.69 Å². The van der Waals surface area contributed by atoms with Crippen molar-refractivity contribution >= 4 is 11.6 Å². The third-order valence-corrected chi connectivity index (χ3v) is 1.73. The van der Waals surface area contributed by atoms with E-state index < -0.39 is 0 Å². The molecule has 1 amide bonds. The van der Waals surface area contributed by atoms with Gasteiger partial charge in [0, 0.05) is 31.9 Å². The fourth-order valence-electron chi connectivity index (χ4n) is 1.03. The summed E-state index contributed by atoms with van der Waals surface area (Å²) in [5.74, 6) is -0.331. The Balaban J connectivity index is 0.00000169. The first kappa shape index (κ1) is 12.7. The zero-order chi connectivity index (χ0) is 9.84. The number of pyridine rings is 1. The Morgan fingerprint density at radius 3 is 2.29 bits per heavy atom. The molecule has 14 heavy (non-hydrogen) atoms. The van der Waals surface area contributed by atoms with Crippen molar-refractivity contribution in [1.29, 1.82) is 0 Å². The topological polar surface area (TPSA) is 50.2 Å². The van der Waals surface area contributed by atoms with Gasteiger partial charge in [-0.15, -0.1) is 0 Å². The third-order valence-electron chi connectivity index (χ3n) is 1.73. The molecule has 0 radical (unpaired) electrons. The van der Waals surface area contributed by atoms with Crippen molar-refractivity contribution in [3.05, 3.63) is 24.5 Å². The molecule has 0 bridgehead atoms. The van der Waals surface area contributed by atoms with Crippen LogP contribution in [0, 0.1) is 0 Å². The molecule has 1 aromatic heterocycles. The SMILES string of the molecule is CN(C)c1cc[n+](CC(N)=O)cc1.[Cl-]. The van der Waals surface area contributed by atoms with Gasteiger partial charge in [0.05, 0.1) is 0 Å². The molecule has 0 spiro atoms. The summed E-state index contributed by atoms with van der Waals surface area (Å²) < 4.78 is 1.75. The number of halogens is 1. The van der Waals surface area contributed by atoms with E-state index in [9.17, 15) is 4.79 Å². The van der Waals surface area contributed by atoms with Gasteiger partial charge in [-0.1, -0.05) is 0 Å². The second-order valence-corrected chi connectivity index (χ2v) is 3.09. The molecule has 0 saturated heterocycles. The lowest BCUT2D eigenvalue weighted by Gasteiger charge is -2.10. The monoisotopic (exact) mass is 215 g/mol. The van der Waals surface area contributed by atoms with Crippen molar-refractivity contribution in [1.82, 2.24) is 0 Å². The highest BCUT2D eigenvalue weighted by Crippen LogP contribution is 2.05. The van der Waals surface area contributed by atoms with Gasteiger partial charge in [-0.2, -0.15) is 4.57 Å². The molecule has 0 fully saturated rings. The lowest BCUT2D eigenvalue weighted by molar-refractivity contribution is -0.684. The molecule has 1 aromatic rings. The number of anilines is 1. The van der Waals surface area contributed by atoms with Crippen molar-refractivity contribution in [2.75, 3.05) is 19.0 Å². The number of amides is 1. The van der Waals surface area contributed by atoms with Gasteiger partial charge in [-0.3, -0.25) is 4.79 Å². The molecule has 0 unspecified atom stereocenters. The summed E-state index contributed by atoms with van der Waals surface area (Å²) in [5, 5.41) is 0. The molecule has 0 aliphatic heterocycles. The number of aromatic nitrogens is 1. The smallest absolute Gasteiger partial charge is 0.283 e. The highest BCUT2D eigenvalue weighted by Gasteiger charge is 2.04. The van der Waals surface area contributed by atoms with Crippen LogP contribution in [0.25, 0.3) is 0 Å². The highest BCUT2D eigenvalue weighted by atomic mass is 35.5. The van der Waals surface area contributed by atoms with E-state index in [0.29, 0.717) is 0 Å². The molecule has 5 heteroatoms. The van der Waals surface area contributed by atoms with Gasteiger partial charge in [0.25, 0.3) is 5.91 Å². The van der Waals surface area contributed by atoms with Crippen LogP contribution in [-0.2, 0) is 11.3 Å². The molecule has 0 atom stereocenters. The average molecular weight is 216 g/mol. The van der Waals surface area contributed by atoms with Gasteiger partial charge in [-0.05, 0) is 0 Å². The summed E-state index contributed by atoms with van der Waals surface area (Å²) in [6.07, 6.45) is 3.67. The largest absolute Gasteiger partial charge is 1.00 e. The van der Waals surface area contributed by atoms with Crippen molar-refractivity contribution in [2.45, 2.75) is 6.54 Å². The quantitative estimate of drug-likeness (QED) is 0.533. The zero-order valence-electron chi connectivity index (χ0n) is 8.27. The van der Waals surface area contributed by atoms with Crippen molar-refractivity contribution < 1.29 is 21.8 Å². The second kappa shape index (κ2) is 5.44. The predicted molar refractivity (Wildman–Crippen MR) is 50.2 cm³/mol. The van der Waals surface area contributed by atoms with Crippen molar-refractivity contribution in [3.8, 4) is 0 Å². The Kier molecular flexibility index (Phi) is 4.94. The van der Waals surface area contributed by atoms with Crippen LogP contribution in [0.1, 0.15) is 0 Å². The first-order valence-electron chi connectivity index (χ1n) is 4.04. The number of rotatable bonds is 3. The standard InChI is InChI=1S/C9H13N3O.ClH/c1-11(2)8-3-5-12(6-4-8)7-9(10)13;/h3-6H,7H2,1-2H3,(H-,10,13);1H. The Bertz CT molecular complexity index is 297. The van der Waals surface area contributed by atoms with Crippen LogP contribution in [0.15, 0.2) is 24.5 Å². The van der Waals surface area contributed by atoms with Crippen LogP contribution in [0.3, 0.4) is 0 Å². The zero-order valence-corrected chi connectivity index (χ0v) is 9.03. The maximum absolute atomic E-state index is 10.6. The highest BCUT2D eigenvalue weighted by molar-refractivity contribution is 5.72. The second-order valence-electron chi connectivity index (χ2n) is 3.09. The number of hydrogen-bond acceptors (Lipinski definition) is 2. The van der Waals surface area contributed by atoms with Gasteiger partial charge in [0.15, 0.2) is 12.4 Å². The summed E-state index contributed by atoms with van der Waals surface area (Å²) in [5.41, 5.74) is 6.15. The Labute approximate surface area is 89.7 Å². The number of hydrogen-bond donors (Lipinski definition) is 1. The maximum atomic E-state index is 10.6. The molecule has 0 saturated carbocycles. The molecule has 78 valence electrons. The van der Waals surface area contributed by atoms with E-state index in [-0.39, 0.29) is 24.9 Å². The van der Waals surface area contributed by atoms with Gasteiger partial charge in [-0.25, -0.2) is 0 Å². The fraction of sp³-hybridized carbons (Fsp3) is 0.333. The number of carbonyl (C=O) groups excluding carboxylic acids is 1. The lowest BCUT2D eigenvalue weighted by Crippen LogP contribution is -3.00. The maximum Gasteiger partial charge on any atom is 0.283 e. The van der Waals surface area contributed by atoms with E-state index in [1.165, 1.54) is 0 Å². The number of nitrogens with two attached hydrogens (primary N) is 1. The molecule has 1 heterocycles. The number of nitrogens with zero attached hydrogens (tertiary/aromatic N) is 2. The minimum absolute atomic E-state index is 0. The summed E-state index contributed by atoms with van der Waals surface area (Å²) in [6.45, 7) is 0.230. The molecule has 4 nitrogen and oxygen atoms in total. The lowest BCUT2D eigenvalue weighted by atomic mass is 10.4. The van der Waals surface area contributed by atoms with Crippen LogP contribution < -0.4 is 27.6 Å². The van der Waals surface area contributed by atoms with E-state index in [1.807, 2.05) is 43.5 Å². The minimum atomic E-state index is -0.331. The van der Waals surface area contributed by atoms with Gasteiger partial charge in [0.2, 0.25) is 6.54 Å². The Hall–Kier alpha value is -1.29. The van der Waals surface area contributed by atoms with E-state index in [2.05, 4.69) is 0 Å². The van der Waals surface area contributed by atoms with Gasteiger partial charge in [0.1, 0.15) is 0 Å². The molecular formula is C9H14ClN3O. The molecular weight excluding hydrogens is 202 g/mol. The summed E-state index contributed by atoms with van der Waals surface area (Å²) in [7, 11) is 3.93. The first-order chi connectivity index (χ1) is 6.09. The Morgan fingerprint density at radius 1 is 1.43 bits per heavy atom.